The second-order valence-corrected chi connectivity index (χ2v) is 7.79. The van der Waals surface area contributed by atoms with Gasteiger partial charge in [0.25, 0.3) is 0 Å². The Morgan fingerprint density at radius 3 is 2.86 bits per heavy atom. The van der Waals surface area contributed by atoms with Gasteiger partial charge in [-0.2, -0.15) is 5.10 Å². The largest absolute Gasteiger partial charge is 0.507 e. The number of aromatic nitrogens is 4. The molecule has 2 N–H and O–H groups in total. The standard InChI is InChI=1S/C22H24N6O/c1-13-21-15(11-27(3)26-21)8-17(22(13)29)18-9-14-4-5-20(25-19(14)10-24-18)28-7-6-16(12-28)23-2/h4-5,8-11,16,23,29H,6-7,12H2,1-3H3. The summed E-state index contributed by atoms with van der Waals surface area (Å²) in [6, 6.07) is 8.61. The average Bonchev–Trinajstić information content (AvgIpc) is 3.36. The number of benzene rings is 1. The molecule has 4 heterocycles. The van der Waals surface area contributed by atoms with Gasteiger partial charge in [0.1, 0.15) is 11.6 Å². The number of aromatic hydroxyl groups is 1. The van der Waals surface area contributed by atoms with Crippen molar-refractivity contribution in [2.45, 2.75) is 19.4 Å². The highest BCUT2D eigenvalue weighted by molar-refractivity contribution is 5.92. The predicted molar refractivity (Wildman–Crippen MR) is 115 cm³/mol. The molecule has 1 unspecified atom stereocenters. The van der Waals surface area contributed by atoms with Crippen LogP contribution < -0.4 is 10.2 Å². The topological polar surface area (TPSA) is 79.1 Å². The van der Waals surface area contributed by atoms with Crippen LogP contribution in [0.5, 0.6) is 5.75 Å². The smallest absolute Gasteiger partial charge is 0.130 e. The van der Waals surface area contributed by atoms with Gasteiger partial charge in [0.2, 0.25) is 0 Å². The van der Waals surface area contributed by atoms with E-state index in [1.807, 2.05) is 39.3 Å². The molecule has 0 spiro atoms. The van der Waals surface area contributed by atoms with Crippen LogP contribution in [0.3, 0.4) is 0 Å². The summed E-state index contributed by atoms with van der Waals surface area (Å²) in [6.07, 6.45) is 4.87. The third-order valence-electron chi connectivity index (χ3n) is 5.88. The zero-order valence-electron chi connectivity index (χ0n) is 16.8. The van der Waals surface area contributed by atoms with E-state index in [0.717, 1.165) is 58.4 Å². The molecule has 1 saturated heterocycles. The number of phenolic OH excluding ortho intramolecular Hbond substituents is 1. The van der Waals surface area contributed by atoms with Gasteiger partial charge in [-0.05, 0) is 44.7 Å². The van der Waals surface area contributed by atoms with Gasteiger partial charge in [-0.15, -0.1) is 0 Å². The Kier molecular flexibility index (Phi) is 4.13. The van der Waals surface area contributed by atoms with Gasteiger partial charge in [0.05, 0.1) is 22.9 Å². The van der Waals surface area contributed by atoms with E-state index >= 15 is 0 Å². The van der Waals surface area contributed by atoms with Crippen LogP contribution in [0.15, 0.2) is 36.7 Å². The van der Waals surface area contributed by atoms with Gasteiger partial charge < -0.3 is 15.3 Å². The second-order valence-electron chi connectivity index (χ2n) is 7.79. The van der Waals surface area contributed by atoms with Gasteiger partial charge >= 0.3 is 0 Å². The van der Waals surface area contributed by atoms with Crippen LogP contribution in [0.25, 0.3) is 33.1 Å². The summed E-state index contributed by atoms with van der Waals surface area (Å²) >= 11 is 0. The van der Waals surface area contributed by atoms with Crippen LogP contribution in [-0.2, 0) is 7.05 Å². The fourth-order valence-electron chi connectivity index (χ4n) is 4.18. The number of fused-ring (bicyclic) bond motifs is 2. The highest BCUT2D eigenvalue weighted by atomic mass is 16.3. The van der Waals surface area contributed by atoms with Crippen molar-refractivity contribution in [2.75, 3.05) is 25.0 Å². The Morgan fingerprint density at radius 1 is 1.21 bits per heavy atom. The van der Waals surface area contributed by atoms with Crippen LogP contribution in [0, 0.1) is 6.92 Å². The number of hydrogen-bond donors (Lipinski definition) is 2. The lowest BCUT2D eigenvalue weighted by Gasteiger charge is -2.18. The summed E-state index contributed by atoms with van der Waals surface area (Å²) in [5, 5.41) is 20.5. The van der Waals surface area contributed by atoms with Crippen molar-refractivity contribution in [1.29, 1.82) is 0 Å². The van der Waals surface area contributed by atoms with E-state index in [9.17, 15) is 5.11 Å². The minimum Gasteiger partial charge on any atom is -0.507 e. The summed E-state index contributed by atoms with van der Waals surface area (Å²) < 4.78 is 1.76. The van der Waals surface area contributed by atoms with E-state index in [4.69, 9.17) is 4.98 Å². The minimum atomic E-state index is 0.225. The molecule has 1 fully saturated rings. The molecule has 0 radical (unpaired) electrons. The molecule has 1 atom stereocenters. The van der Waals surface area contributed by atoms with Crippen molar-refractivity contribution in [3.8, 4) is 17.0 Å². The number of rotatable bonds is 3. The lowest BCUT2D eigenvalue weighted by atomic mass is 10.0. The fourth-order valence-corrected chi connectivity index (χ4v) is 4.18. The molecular weight excluding hydrogens is 364 g/mol. The zero-order valence-corrected chi connectivity index (χ0v) is 16.8. The molecule has 148 valence electrons. The predicted octanol–water partition coefficient (Wildman–Crippen LogP) is 3.00. The van der Waals surface area contributed by atoms with Gasteiger partial charge in [0, 0.05) is 54.3 Å². The Bertz CT molecular complexity index is 1230. The molecule has 5 rings (SSSR count). The SMILES string of the molecule is CNC1CCN(c2ccc3cc(-c4cc5cn(C)nc5c(C)c4O)ncc3n2)C1. The van der Waals surface area contributed by atoms with E-state index in [-0.39, 0.29) is 5.75 Å². The zero-order chi connectivity index (χ0) is 20.1. The molecule has 3 aromatic heterocycles. The first-order valence-corrected chi connectivity index (χ1v) is 9.89. The summed E-state index contributed by atoms with van der Waals surface area (Å²) in [6.45, 7) is 3.87. The van der Waals surface area contributed by atoms with Gasteiger partial charge in [-0.25, -0.2) is 4.98 Å². The number of phenols is 1. The number of likely N-dealkylation sites (N-methyl/N-ethyl adjacent to an activating group) is 1. The van der Waals surface area contributed by atoms with Crippen LogP contribution in [0.4, 0.5) is 5.82 Å². The first-order valence-electron chi connectivity index (χ1n) is 9.89. The van der Waals surface area contributed by atoms with Crippen molar-refractivity contribution in [3.63, 3.8) is 0 Å². The number of aryl methyl sites for hydroxylation is 2. The first kappa shape index (κ1) is 17.9. The lowest BCUT2D eigenvalue weighted by molar-refractivity contribution is 0.474. The van der Waals surface area contributed by atoms with E-state index in [1.54, 1.807) is 10.9 Å². The van der Waals surface area contributed by atoms with Crippen molar-refractivity contribution in [2.24, 2.45) is 7.05 Å². The van der Waals surface area contributed by atoms with Crippen molar-refractivity contribution in [1.82, 2.24) is 25.1 Å². The summed E-state index contributed by atoms with van der Waals surface area (Å²) in [5.41, 5.74) is 3.88. The molecule has 7 heteroatoms. The number of pyridine rings is 2. The molecular formula is C22H24N6O. The van der Waals surface area contributed by atoms with Crippen LogP contribution in [0.2, 0.25) is 0 Å². The number of anilines is 1. The van der Waals surface area contributed by atoms with E-state index in [0.29, 0.717) is 11.6 Å². The maximum Gasteiger partial charge on any atom is 0.130 e. The molecule has 0 bridgehead atoms. The van der Waals surface area contributed by atoms with Crippen molar-refractivity contribution >= 4 is 27.6 Å². The molecule has 29 heavy (non-hydrogen) atoms. The highest BCUT2D eigenvalue weighted by Crippen LogP contribution is 2.36. The van der Waals surface area contributed by atoms with E-state index < -0.39 is 0 Å². The Morgan fingerprint density at radius 2 is 2.07 bits per heavy atom. The van der Waals surface area contributed by atoms with Gasteiger partial charge in [-0.1, -0.05) is 0 Å². The van der Waals surface area contributed by atoms with Gasteiger partial charge in [0.15, 0.2) is 0 Å². The second kappa shape index (κ2) is 6.70. The number of nitrogens with one attached hydrogen (secondary N) is 1. The maximum atomic E-state index is 10.7. The summed E-state index contributed by atoms with van der Waals surface area (Å²) in [5.74, 6) is 1.21. The molecule has 0 aliphatic carbocycles. The quantitative estimate of drug-likeness (QED) is 0.562. The first-order chi connectivity index (χ1) is 14.0. The molecule has 7 nitrogen and oxygen atoms in total. The van der Waals surface area contributed by atoms with Crippen molar-refractivity contribution < 1.29 is 5.11 Å². The van der Waals surface area contributed by atoms with Crippen LogP contribution in [-0.4, -0.2) is 51.0 Å². The Hall–Kier alpha value is -3.19. The maximum absolute atomic E-state index is 10.7. The average molecular weight is 388 g/mol. The van der Waals surface area contributed by atoms with Crippen LogP contribution in [0.1, 0.15) is 12.0 Å². The van der Waals surface area contributed by atoms with E-state index in [1.165, 1.54) is 0 Å². The van der Waals surface area contributed by atoms with E-state index in [2.05, 4.69) is 32.4 Å². The molecule has 1 aliphatic heterocycles. The highest BCUT2D eigenvalue weighted by Gasteiger charge is 2.22. The molecule has 0 saturated carbocycles. The summed E-state index contributed by atoms with van der Waals surface area (Å²) in [4.78, 5) is 11.7. The van der Waals surface area contributed by atoms with Crippen LogP contribution >= 0.6 is 0 Å². The molecule has 4 aromatic rings. The lowest BCUT2D eigenvalue weighted by Crippen LogP contribution is -2.29. The monoisotopic (exact) mass is 388 g/mol. The third kappa shape index (κ3) is 2.98. The normalized spacial score (nSPS) is 16.9. The van der Waals surface area contributed by atoms with Crippen molar-refractivity contribution in [3.05, 3.63) is 42.2 Å². The third-order valence-corrected chi connectivity index (χ3v) is 5.88. The molecule has 0 amide bonds. The molecule has 1 aromatic carbocycles. The summed E-state index contributed by atoms with van der Waals surface area (Å²) in [7, 11) is 3.89. The fraction of sp³-hybridized carbons (Fsp3) is 0.318. The number of nitrogens with zero attached hydrogens (tertiary/aromatic N) is 5. The van der Waals surface area contributed by atoms with Gasteiger partial charge in [-0.3, -0.25) is 9.67 Å². The Labute approximate surface area is 169 Å². The Balaban J connectivity index is 1.54. The molecule has 1 aliphatic rings. The number of hydrogen-bond acceptors (Lipinski definition) is 6. The minimum absolute atomic E-state index is 0.225.